The summed E-state index contributed by atoms with van der Waals surface area (Å²) in [5, 5.41) is 17.2. The molecule has 0 rings (SSSR count). The Morgan fingerprint density at radius 2 is 1.33 bits per heavy atom. The predicted octanol–water partition coefficient (Wildman–Crippen LogP) is -2.79. The molecule has 0 bridgehead atoms. The highest BCUT2D eigenvalue weighted by Crippen LogP contribution is 1.95. The van der Waals surface area contributed by atoms with Gasteiger partial charge in [-0.25, -0.2) is 0 Å². The van der Waals surface area contributed by atoms with Gasteiger partial charge in [0.15, 0.2) is 0 Å². The third-order valence-electron chi connectivity index (χ3n) is 4.67. The molecule has 0 spiro atoms. The minimum absolute atomic E-state index is 0.120. The Labute approximate surface area is 179 Å². The summed E-state index contributed by atoms with van der Waals surface area (Å²) >= 11 is 0. The smallest absolute Gasteiger partial charge is 0.237 e. The fourth-order valence-corrected chi connectivity index (χ4v) is 2.62. The van der Waals surface area contributed by atoms with Gasteiger partial charge < -0.3 is 42.4 Å². The van der Waals surface area contributed by atoms with Gasteiger partial charge in [0.2, 0.25) is 17.7 Å². The van der Waals surface area contributed by atoms with Crippen molar-refractivity contribution in [3.63, 3.8) is 0 Å². The summed E-state index contributed by atoms with van der Waals surface area (Å²) in [5.41, 5.74) is 5.49. The number of nitrogens with two attached hydrogens (primary N) is 1. The van der Waals surface area contributed by atoms with E-state index in [1.165, 1.54) is 0 Å². The van der Waals surface area contributed by atoms with Crippen LogP contribution >= 0.6 is 0 Å². The topological polar surface area (TPSA) is 166 Å². The van der Waals surface area contributed by atoms with Crippen LogP contribution in [0.2, 0.25) is 0 Å². The van der Waals surface area contributed by atoms with Crippen molar-refractivity contribution in [2.45, 2.75) is 57.3 Å². The number of amides is 3. The quantitative estimate of drug-likeness (QED) is 0.122. The molecule has 0 aromatic heterocycles. The van der Waals surface area contributed by atoms with Gasteiger partial charge in [0.25, 0.3) is 0 Å². The van der Waals surface area contributed by atoms with Gasteiger partial charge in [0.05, 0.1) is 24.2 Å². The molecule has 11 heteroatoms. The van der Waals surface area contributed by atoms with Crippen molar-refractivity contribution >= 4 is 24.0 Å². The summed E-state index contributed by atoms with van der Waals surface area (Å²) in [4.78, 5) is 46.9. The van der Waals surface area contributed by atoms with E-state index in [4.69, 9.17) is 5.73 Å². The van der Waals surface area contributed by atoms with Gasteiger partial charge in [0, 0.05) is 19.6 Å². The highest BCUT2D eigenvalue weighted by atomic mass is 16.2. The highest BCUT2D eigenvalue weighted by Gasteiger charge is 2.20. The Kier molecular flexibility index (Phi) is 15.5. The van der Waals surface area contributed by atoms with Crippen LogP contribution in [0.3, 0.4) is 0 Å². The summed E-state index contributed by atoms with van der Waals surface area (Å²) < 4.78 is 0. The lowest BCUT2D eigenvalue weighted by Gasteiger charge is -2.20. The van der Waals surface area contributed by atoms with Crippen molar-refractivity contribution in [2.24, 2.45) is 5.73 Å². The van der Waals surface area contributed by atoms with Crippen LogP contribution in [0.25, 0.3) is 0 Å². The largest absolute Gasteiger partial charge is 0.355 e. The maximum Gasteiger partial charge on any atom is 0.237 e. The maximum absolute atomic E-state index is 12.5. The number of rotatable bonds is 17. The molecule has 11 nitrogen and oxygen atoms in total. The second-order valence-corrected chi connectivity index (χ2v) is 7.00. The molecule has 30 heavy (non-hydrogen) atoms. The molecule has 0 aliphatic rings. The standard InChI is InChI=1S/C19H39N7O4/c1-5-23-16(8-11-24-17(28)13(2)21-3)19(30)26-10-7-15(22-4)18(29)25-9-6-14(20)12-27/h12-16,21-23H,5-11,20H2,1-4H3,(H,24,28)(H,25,29)(H,26,30). The van der Waals surface area contributed by atoms with Crippen LogP contribution in [0, 0.1) is 0 Å². The summed E-state index contributed by atoms with van der Waals surface area (Å²) in [7, 11) is 3.37. The number of nitrogens with one attached hydrogen (secondary N) is 6. The average Bonchev–Trinajstić information content (AvgIpc) is 2.74. The first-order valence-electron chi connectivity index (χ1n) is 10.4. The zero-order valence-electron chi connectivity index (χ0n) is 18.5. The van der Waals surface area contributed by atoms with E-state index in [1.54, 1.807) is 21.0 Å². The van der Waals surface area contributed by atoms with Gasteiger partial charge in [-0.15, -0.1) is 0 Å². The van der Waals surface area contributed by atoms with Crippen molar-refractivity contribution in [3.05, 3.63) is 0 Å². The highest BCUT2D eigenvalue weighted by molar-refractivity contribution is 5.83. The molecule has 174 valence electrons. The van der Waals surface area contributed by atoms with Crippen LogP contribution < -0.4 is 37.6 Å². The molecule has 4 unspecified atom stereocenters. The van der Waals surface area contributed by atoms with Crippen molar-refractivity contribution in [1.29, 1.82) is 0 Å². The monoisotopic (exact) mass is 429 g/mol. The molecule has 0 aliphatic carbocycles. The second-order valence-electron chi connectivity index (χ2n) is 7.00. The van der Waals surface area contributed by atoms with Crippen molar-refractivity contribution in [3.8, 4) is 0 Å². The number of hydrogen-bond donors (Lipinski definition) is 7. The first-order chi connectivity index (χ1) is 14.3. The Balaban J connectivity index is 4.36. The fourth-order valence-electron chi connectivity index (χ4n) is 2.62. The lowest BCUT2D eigenvalue weighted by molar-refractivity contribution is -0.125. The van der Waals surface area contributed by atoms with Crippen LogP contribution in [0.5, 0.6) is 0 Å². The summed E-state index contributed by atoms with van der Waals surface area (Å²) in [6.45, 7) is 5.28. The third kappa shape index (κ3) is 11.8. The maximum atomic E-state index is 12.5. The van der Waals surface area contributed by atoms with E-state index in [0.29, 0.717) is 51.7 Å². The van der Waals surface area contributed by atoms with Crippen molar-refractivity contribution < 1.29 is 19.2 Å². The SMILES string of the molecule is CCNC(CCNC(=O)C(C)NC)C(=O)NCCC(NC)C(=O)NCCC(N)C=O. The molecule has 0 aromatic carbocycles. The van der Waals surface area contributed by atoms with Crippen LogP contribution in [0.4, 0.5) is 0 Å². The van der Waals surface area contributed by atoms with E-state index in [1.807, 2.05) is 6.92 Å². The molecule has 0 heterocycles. The van der Waals surface area contributed by atoms with Gasteiger partial charge >= 0.3 is 0 Å². The molecule has 0 saturated carbocycles. The average molecular weight is 430 g/mol. The third-order valence-corrected chi connectivity index (χ3v) is 4.67. The Hall–Kier alpha value is -2.08. The summed E-state index contributed by atoms with van der Waals surface area (Å²) in [5.74, 6) is -0.514. The van der Waals surface area contributed by atoms with Crippen LogP contribution in [0.15, 0.2) is 0 Å². The fraction of sp³-hybridized carbons (Fsp3) is 0.789. The molecule has 0 radical (unpaired) electrons. The molecule has 0 saturated heterocycles. The van der Waals surface area contributed by atoms with E-state index in [0.717, 1.165) is 0 Å². The minimum atomic E-state index is -0.591. The molecule has 0 aliphatic heterocycles. The Morgan fingerprint density at radius 1 is 0.833 bits per heavy atom. The van der Waals surface area contributed by atoms with Gasteiger partial charge in [-0.3, -0.25) is 14.4 Å². The number of carbonyl (C=O) groups excluding carboxylic acids is 4. The summed E-state index contributed by atoms with van der Waals surface area (Å²) in [6, 6.07) is -1.80. The molecule has 0 aromatic rings. The van der Waals surface area contributed by atoms with Crippen LogP contribution in [-0.2, 0) is 19.2 Å². The normalized spacial score (nSPS) is 14.8. The van der Waals surface area contributed by atoms with E-state index in [9.17, 15) is 19.2 Å². The van der Waals surface area contributed by atoms with E-state index < -0.39 is 18.1 Å². The molecule has 4 atom stereocenters. The van der Waals surface area contributed by atoms with E-state index in [-0.39, 0.29) is 23.8 Å². The Bertz CT molecular complexity index is 533. The van der Waals surface area contributed by atoms with Crippen molar-refractivity contribution in [1.82, 2.24) is 31.9 Å². The molecule has 0 fully saturated rings. The van der Waals surface area contributed by atoms with Crippen LogP contribution in [0.1, 0.15) is 33.1 Å². The first-order valence-corrected chi connectivity index (χ1v) is 10.4. The second kappa shape index (κ2) is 16.7. The van der Waals surface area contributed by atoms with Gasteiger partial charge in [-0.05, 0) is 46.8 Å². The van der Waals surface area contributed by atoms with Crippen LogP contribution in [-0.4, -0.2) is 88.4 Å². The molecule has 8 N–H and O–H groups in total. The van der Waals surface area contributed by atoms with Gasteiger partial charge in [-0.2, -0.15) is 0 Å². The van der Waals surface area contributed by atoms with Gasteiger partial charge in [-0.1, -0.05) is 6.92 Å². The zero-order chi connectivity index (χ0) is 22.9. The lowest BCUT2D eigenvalue weighted by atomic mass is 10.1. The summed E-state index contributed by atoms with van der Waals surface area (Å²) in [6.07, 6.45) is 1.87. The minimum Gasteiger partial charge on any atom is -0.355 e. The molecular weight excluding hydrogens is 390 g/mol. The van der Waals surface area contributed by atoms with Crippen molar-refractivity contribution in [2.75, 3.05) is 40.3 Å². The number of likely N-dealkylation sites (N-methyl/N-ethyl adjacent to an activating group) is 3. The number of carbonyl (C=O) groups is 4. The van der Waals surface area contributed by atoms with E-state index in [2.05, 4.69) is 31.9 Å². The van der Waals surface area contributed by atoms with Gasteiger partial charge in [0.1, 0.15) is 6.29 Å². The predicted molar refractivity (Wildman–Crippen MR) is 116 cm³/mol. The molecular formula is C19H39N7O4. The number of aldehydes is 1. The van der Waals surface area contributed by atoms with E-state index >= 15 is 0 Å². The Morgan fingerprint density at radius 3 is 1.83 bits per heavy atom. The first kappa shape index (κ1) is 27.9. The number of hydrogen-bond acceptors (Lipinski definition) is 8. The lowest BCUT2D eigenvalue weighted by Crippen LogP contribution is -2.49. The zero-order valence-corrected chi connectivity index (χ0v) is 18.5. The molecule has 3 amide bonds.